The normalized spacial score (nSPS) is 14.0. The fourth-order valence-corrected chi connectivity index (χ4v) is 4.45. The lowest BCUT2D eigenvalue weighted by molar-refractivity contribution is 0.122. The number of nitrogens with one attached hydrogen (secondary N) is 2. The Kier molecular flexibility index (Phi) is 6.62. The van der Waals surface area contributed by atoms with Crippen LogP contribution in [-0.4, -0.2) is 46.2 Å². The van der Waals surface area contributed by atoms with Crippen molar-refractivity contribution in [2.24, 2.45) is 0 Å². The number of ether oxygens (including phenoxy) is 1. The number of thiazole rings is 1. The molecule has 8 nitrogen and oxygen atoms in total. The summed E-state index contributed by atoms with van der Waals surface area (Å²) in [6, 6.07) is 4.40. The standard InChI is InChI=1S/C22H29N7OS/c1-5-18-25-20(27-21(26-18)29-6-8-30-9-7-29)28-22-24-13-17(31-22)12-23-19-15(3)10-14(2)11-16(19)4/h10-11,13,23H,5-9,12H2,1-4H3,(H,24,25,26,27,28). The van der Waals surface area contributed by atoms with Gasteiger partial charge >= 0.3 is 0 Å². The molecule has 2 aromatic heterocycles. The number of aryl methyl sites for hydroxylation is 4. The zero-order chi connectivity index (χ0) is 21.8. The SMILES string of the molecule is CCc1nc(Nc2ncc(CNc3c(C)cc(C)cc3C)s2)nc(N2CCOCC2)n1. The first-order valence-electron chi connectivity index (χ1n) is 10.6. The van der Waals surface area contributed by atoms with Crippen molar-refractivity contribution >= 4 is 34.1 Å². The van der Waals surface area contributed by atoms with Crippen molar-refractivity contribution < 1.29 is 4.74 Å². The number of aromatic nitrogens is 4. The second-order valence-corrected chi connectivity index (χ2v) is 8.83. The molecule has 0 unspecified atom stereocenters. The van der Waals surface area contributed by atoms with E-state index in [1.165, 1.54) is 22.4 Å². The van der Waals surface area contributed by atoms with E-state index in [-0.39, 0.29) is 0 Å². The monoisotopic (exact) mass is 439 g/mol. The first-order valence-corrected chi connectivity index (χ1v) is 11.4. The third-order valence-electron chi connectivity index (χ3n) is 5.17. The van der Waals surface area contributed by atoms with Crippen LogP contribution in [0, 0.1) is 20.8 Å². The Bertz CT molecular complexity index is 1020. The van der Waals surface area contributed by atoms with Crippen LogP contribution in [0.5, 0.6) is 0 Å². The van der Waals surface area contributed by atoms with Gasteiger partial charge in [-0.05, 0) is 31.9 Å². The van der Waals surface area contributed by atoms with Crippen LogP contribution in [0.2, 0.25) is 0 Å². The third kappa shape index (κ3) is 5.29. The van der Waals surface area contributed by atoms with Gasteiger partial charge in [0.25, 0.3) is 0 Å². The van der Waals surface area contributed by atoms with Gasteiger partial charge in [0.1, 0.15) is 5.82 Å². The van der Waals surface area contributed by atoms with Crippen LogP contribution in [0.25, 0.3) is 0 Å². The van der Waals surface area contributed by atoms with Gasteiger partial charge in [0.2, 0.25) is 11.9 Å². The average molecular weight is 440 g/mol. The lowest BCUT2D eigenvalue weighted by atomic mass is 10.1. The quantitative estimate of drug-likeness (QED) is 0.571. The number of morpholine rings is 1. The largest absolute Gasteiger partial charge is 0.380 e. The van der Waals surface area contributed by atoms with Crippen LogP contribution in [-0.2, 0) is 17.7 Å². The summed E-state index contributed by atoms with van der Waals surface area (Å²) in [5.41, 5.74) is 4.99. The molecule has 1 aliphatic heterocycles. The van der Waals surface area contributed by atoms with Crippen molar-refractivity contribution in [3.05, 3.63) is 45.7 Å². The second-order valence-electron chi connectivity index (χ2n) is 7.71. The van der Waals surface area contributed by atoms with Gasteiger partial charge in [0.15, 0.2) is 5.13 Å². The Morgan fingerprint density at radius 2 is 1.81 bits per heavy atom. The Labute approximate surface area is 187 Å². The van der Waals surface area contributed by atoms with E-state index in [4.69, 9.17) is 4.74 Å². The van der Waals surface area contributed by atoms with Crippen molar-refractivity contribution in [1.29, 1.82) is 0 Å². The molecule has 1 aliphatic rings. The van der Waals surface area contributed by atoms with Crippen LogP contribution in [0.15, 0.2) is 18.3 Å². The van der Waals surface area contributed by atoms with E-state index in [2.05, 4.69) is 68.4 Å². The lowest BCUT2D eigenvalue weighted by Gasteiger charge is -2.27. The fraction of sp³-hybridized carbons (Fsp3) is 0.455. The molecule has 1 aromatic carbocycles. The third-order valence-corrected chi connectivity index (χ3v) is 6.08. The maximum Gasteiger partial charge on any atom is 0.234 e. The minimum Gasteiger partial charge on any atom is -0.380 e. The molecular weight excluding hydrogens is 410 g/mol. The molecule has 0 bridgehead atoms. The zero-order valence-corrected chi connectivity index (χ0v) is 19.3. The summed E-state index contributed by atoms with van der Waals surface area (Å²) in [6.45, 7) is 12.1. The number of hydrogen-bond acceptors (Lipinski definition) is 9. The Morgan fingerprint density at radius 1 is 1.06 bits per heavy atom. The summed E-state index contributed by atoms with van der Waals surface area (Å²) in [6.07, 6.45) is 2.64. The number of hydrogen-bond donors (Lipinski definition) is 2. The first-order chi connectivity index (χ1) is 15.0. The highest BCUT2D eigenvalue weighted by Gasteiger charge is 2.17. The molecule has 4 rings (SSSR count). The van der Waals surface area contributed by atoms with E-state index >= 15 is 0 Å². The van der Waals surface area contributed by atoms with E-state index < -0.39 is 0 Å². The van der Waals surface area contributed by atoms with Crippen molar-refractivity contribution in [3.8, 4) is 0 Å². The summed E-state index contributed by atoms with van der Waals surface area (Å²) in [7, 11) is 0. The van der Waals surface area contributed by atoms with Crippen LogP contribution >= 0.6 is 11.3 Å². The molecule has 3 heterocycles. The maximum absolute atomic E-state index is 5.44. The van der Waals surface area contributed by atoms with Crippen molar-refractivity contribution in [2.75, 3.05) is 41.8 Å². The molecule has 0 amide bonds. The van der Waals surface area contributed by atoms with E-state index in [1.807, 2.05) is 13.1 Å². The van der Waals surface area contributed by atoms with Gasteiger partial charge in [-0.3, -0.25) is 5.32 Å². The molecule has 0 atom stereocenters. The van der Waals surface area contributed by atoms with E-state index in [9.17, 15) is 0 Å². The summed E-state index contributed by atoms with van der Waals surface area (Å²) in [5.74, 6) is 2.00. The highest BCUT2D eigenvalue weighted by Crippen LogP contribution is 2.26. The van der Waals surface area contributed by atoms with Gasteiger partial charge in [-0.15, -0.1) is 0 Å². The van der Waals surface area contributed by atoms with Gasteiger partial charge < -0.3 is 15.0 Å². The smallest absolute Gasteiger partial charge is 0.234 e. The molecule has 0 aliphatic carbocycles. The van der Waals surface area contributed by atoms with Gasteiger partial charge in [-0.1, -0.05) is 36.0 Å². The summed E-state index contributed by atoms with van der Waals surface area (Å²) < 4.78 is 5.44. The number of rotatable bonds is 7. The molecule has 3 aromatic rings. The summed E-state index contributed by atoms with van der Waals surface area (Å²) in [4.78, 5) is 21.5. The van der Waals surface area contributed by atoms with Crippen LogP contribution in [0.1, 0.15) is 34.3 Å². The number of nitrogens with zero attached hydrogens (tertiary/aromatic N) is 5. The van der Waals surface area contributed by atoms with Crippen LogP contribution in [0.3, 0.4) is 0 Å². The predicted molar refractivity (Wildman–Crippen MR) is 126 cm³/mol. The molecule has 164 valence electrons. The minimum absolute atomic E-state index is 0.535. The van der Waals surface area contributed by atoms with Crippen molar-refractivity contribution in [2.45, 2.75) is 40.7 Å². The molecular formula is C22H29N7OS. The minimum atomic E-state index is 0.535. The Balaban J connectivity index is 1.45. The Hall–Kier alpha value is -2.78. The average Bonchev–Trinajstić information content (AvgIpc) is 3.20. The molecule has 31 heavy (non-hydrogen) atoms. The molecule has 2 N–H and O–H groups in total. The van der Waals surface area contributed by atoms with Gasteiger partial charge in [-0.25, -0.2) is 4.98 Å². The summed E-state index contributed by atoms with van der Waals surface area (Å²) >= 11 is 1.60. The molecule has 0 saturated carbocycles. The van der Waals surface area contributed by atoms with Gasteiger partial charge in [-0.2, -0.15) is 15.0 Å². The highest BCUT2D eigenvalue weighted by molar-refractivity contribution is 7.15. The van der Waals surface area contributed by atoms with Crippen LogP contribution < -0.4 is 15.5 Å². The van der Waals surface area contributed by atoms with E-state index in [0.29, 0.717) is 25.1 Å². The second kappa shape index (κ2) is 9.57. The first kappa shape index (κ1) is 21.5. The molecule has 0 radical (unpaired) electrons. The van der Waals surface area contributed by atoms with Gasteiger partial charge in [0.05, 0.1) is 19.8 Å². The van der Waals surface area contributed by atoms with Crippen molar-refractivity contribution in [1.82, 2.24) is 19.9 Å². The van der Waals surface area contributed by atoms with Gasteiger partial charge in [0, 0.05) is 36.3 Å². The molecule has 1 fully saturated rings. The number of anilines is 4. The fourth-order valence-electron chi connectivity index (χ4n) is 3.70. The zero-order valence-electron chi connectivity index (χ0n) is 18.5. The molecule has 9 heteroatoms. The summed E-state index contributed by atoms with van der Waals surface area (Å²) in [5, 5.41) is 7.60. The van der Waals surface area contributed by atoms with E-state index in [1.54, 1.807) is 11.3 Å². The molecule has 1 saturated heterocycles. The van der Waals surface area contributed by atoms with E-state index in [0.717, 1.165) is 41.9 Å². The number of benzene rings is 1. The molecule has 0 spiro atoms. The van der Waals surface area contributed by atoms with Crippen LogP contribution in [0.4, 0.5) is 22.7 Å². The predicted octanol–water partition coefficient (Wildman–Crippen LogP) is 4.01. The Morgan fingerprint density at radius 3 is 2.52 bits per heavy atom. The highest BCUT2D eigenvalue weighted by atomic mass is 32.1. The maximum atomic E-state index is 5.44. The lowest BCUT2D eigenvalue weighted by Crippen LogP contribution is -2.37. The van der Waals surface area contributed by atoms with Crippen molar-refractivity contribution in [3.63, 3.8) is 0 Å². The topological polar surface area (TPSA) is 88.1 Å².